The molecule has 0 saturated carbocycles. The molecule has 0 radical (unpaired) electrons. The Bertz CT molecular complexity index is 522. The van der Waals surface area contributed by atoms with Crippen molar-refractivity contribution in [3.8, 4) is 0 Å². The topological polar surface area (TPSA) is 0 Å². The third kappa shape index (κ3) is 2.25. The predicted octanol–water partition coefficient (Wildman–Crippen LogP) is 6.40. The lowest BCUT2D eigenvalue weighted by Gasteiger charge is -2.35. The smallest absolute Gasteiger partial charge is 0.160 e. The molecule has 0 fully saturated rings. The Balaban J connectivity index is 2.66. The molecule has 0 bridgehead atoms. The molecule has 0 N–H and O–H groups in total. The molecule has 19 heavy (non-hydrogen) atoms. The molecule has 0 amide bonds. The molecule has 2 rings (SSSR count). The van der Waals surface area contributed by atoms with Crippen molar-refractivity contribution < 1.29 is 13.2 Å². The standard InChI is InChI=1S/C14H16BrF3S/c1-3-6-11-9-12-10(4-2)7-5-8-13(12)19(11,15)14(16,17)18/h5,7-9H,3-4,6H2,1-2H3. The van der Waals surface area contributed by atoms with Crippen LogP contribution in [0.25, 0.3) is 6.08 Å². The van der Waals surface area contributed by atoms with Gasteiger partial charge in [0.2, 0.25) is 0 Å². The van der Waals surface area contributed by atoms with E-state index in [1.54, 1.807) is 18.2 Å². The Kier molecular flexibility index (Phi) is 4.07. The van der Waals surface area contributed by atoms with Crippen LogP contribution in [0.5, 0.6) is 0 Å². The number of fused-ring (bicyclic) bond motifs is 1. The minimum absolute atomic E-state index is 0.419. The van der Waals surface area contributed by atoms with Gasteiger partial charge in [-0.3, -0.25) is 0 Å². The van der Waals surface area contributed by atoms with Crippen molar-refractivity contribution in [2.24, 2.45) is 0 Å². The van der Waals surface area contributed by atoms with E-state index in [0.717, 1.165) is 24.0 Å². The van der Waals surface area contributed by atoms with Gasteiger partial charge in [0.25, 0.3) is 0 Å². The molecule has 1 unspecified atom stereocenters. The van der Waals surface area contributed by atoms with Gasteiger partial charge in [-0.2, -0.15) is 13.2 Å². The van der Waals surface area contributed by atoms with Gasteiger partial charge in [-0.1, -0.05) is 32.4 Å². The van der Waals surface area contributed by atoms with Gasteiger partial charge in [0.1, 0.15) is 0 Å². The largest absolute Gasteiger partial charge is 0.442 e. The molecule has 0 spiro atoms. The summed E-state index contributed by atoms with van der Waals surface area (Å²) >= 11 is 3.09. The summed E-state index contributed by atoms with van der Waals surface area (Å²) in [5.74, 6) is 0. The zero-order chi connectivity index (χ0) is 14.3. The van der Waals surface area contributed by atoms with Crippen LogP contribution in [0.4, 0.5) is 13.2 Å². The molecule has 0 aromatic heterocycles. The number of rotatable bonds is 3. The summed E-state index contributed by atoms with van der Waals surface area (Å²) in [6.07, 6.45) is 3.71. The molecule has 1 aromatic carbocycles. The Morgan fingerprint density at radius 1 is 1.21 bits per heavy atom. The Hall–Kier alpha value is -0.420. The number of hydrogen-bond acceptors (Lipinski definition) is 0. The zero-order valence-corrected chi connectivity index (χ0v) is 13.3. The fourth-order valence-corrected chi connectivity index (χ4v) is 6.39. The van der Waals surface area contributed by atoms with Crippen LogP contribution in [0.15, 0.2) is 28.0 Å². The number of alkyl halides is 3. The average molecular weight is 353 g/mol. The van der Waals surface area contributed by atoms with E-state index in [1.807, 2.05) is 19.9 Å². The number of halogens is 4. The maximum atomic E-state index is 13.6. The van der Waals surface area contributed by atoms with Crippen molar-refractivity contribution in [2.75, 3.05) is 0 Å². The van der Waals surface area contributed by atoms with Gasteiger partial charge < -0.3 is 0 Å². The minimum atomic E-state index is -4.24. The first-order valence-electron chi connectivity index (χ1n) is 6.28. The summed E-state index contributed by atoms with van der Waals surface area (Å²) in [4.78, 5) is 0.918. The van der Waals surface area contributed by atoms with E-state index in [2.05, 4.69) is 14.8 Å². The SMILES string of the molecule is CCCC1=Cc2c(CC)cccc2S1(Br)C(F)(F)F. The molecule has 0 nitrogen and oxygen atoms in total. The lowest BCUT2D eigenvalue weighted by molar-refractivity contribution is -0.0355. The van der Waals surface area contributed by atoms with Crippen molar-refractivity contribution in [2.45, 2.75) is 43.5 Å². The molecule has 0 aliphatic carbocycles. The predicted molar refractivity (Wildman–Crippen MR) is 79.5 cm³/mol. The first-order chi connectivity index (χ1) is 8.86. The quantitative estimate of drug-likeness (QED) is 0.590. The highest BCUT2D eigenvalue weighted by atomic mass is 79.9. The van der Waals surface area contributed by atoms with Gasteiger partial charge in [0.15, 0.2) is 0 Å². The van der Waals surface area contributed by atoms with Gasteiger partial charge in [-0.25, -0.2) is 0 Å². The first kappa shape index (κ1) is 15.0. The van der Waals surface area contributed by atoms with Gasteiger partial charge in [-0.15, -0.1) is 0 Å². The minimum Gasteiger partial charge on any atom is -0.160 e. The fourth-order valence-electron chi connectivity index (χ4n) is 2.42. The maximum absolute atomic E-state index is 13.6. The first-order valence-corrected chi connectivity index (χ1v) is 9.75. The average Bonchev–Trinajstić information content (AvgIpc) is 2.64. The van der Waals surface area contributed by atoms with Gasteiger partial charge >= 0.3 is 5.51 Å². The van der Waals surface area contributed by atoms with Crippen molar-refractivity contribution in [3.63, 3.8) is 0 Å². The van der Waals surface area contributed by atoms with Crippen LogP contribution < -0.4 is 0 Å². The van der Waals surface area contributed by atoms with Gasteiger partial charge in [0, 0.05) is 4.90 Å². The molecule has 106 valence electrons. The monoisotopic (exact) mass is 352 g/mol. The molecule has 0 saturated heterocycles. The lowest BCUT2D eigenvalue weighted by atomic mass is 10.0. The molecule has 1 aliphatic rings. The second-order valence-electron chi connectivity index (χ2n) is 4.53. The van der Waals surface area contributed by atoms with Crippen LogP contribution in [0.1, 0.15) is 37.8 Å². The number of allylic oxidation sites excluding steroid dienone is 1. The van der Waals surface area contributed by atoms with Crippen LogP contribution in [-0.2, 0) is 6.42 Å². The molecular weight excluding hydrogens is 337 g/mol. The summed E-state index contributed by atoms with van der Waals surface area (Å²) in [5, 5.41) is 0. The summed E-state index contributed by atoms with van der Waals surface area (Å²) in [6.45, 7) is 3.88. The van der Waals surface area contributed by atoms with Crippen LogP contribution >= 0.6 is 23.3 Å². The third-order valence-electron chi connectivity index (χ3n) is 3.32. The molecule has 1 heterocycles. The van der Waals surface area contributed by atoms with E-state index in [0.29, 0.717) is 16.2 Å². The maximum Gasteiger partial charge on any atom is 0.442 e. The molecular formula is C14H16BrF3S. The van der Waals surface area contributed by atoms with Crippen molar-refractivity contribution in [1.29, 1.82) is 0 Å². The lowest BCUT2D eigenvalue weighted by Crippen LogP contribution is -2.16. The third-order valence-corrected chi connectivity index (χ3v) is 9.36. The highest BCUT2D eigenvalue weighted by molar-refractivity contribution is 9.59. The molecule has 1 atom stereocenters. The number of aryl methyl sites for hydroxylation is 1. The van der Waals surface area contributed by atoms with Crippen LogP contribution in [0.3, 0.4) is 0 Å². The Morgan fingerprint density at radius 2 is 1.89 bits per heavy atom. The van der Waals surface area contributed by atoms with E-state index >= 15 is 0 Å². The number of benzene rings is 1. The van der Waals surface area contributed by atoms with E-state index in [9.17, 15) is 13.2 Å². The molecule has 1 aromatic rings. The van der Waals surface area contributed by atoms with Crippen LogP contribution in [0.2, 0.25) is 0 Å². The summed E-state index contributed by atoms with van der Waals surface area (Å²) < 4.78 is 40.7. The highest BCUT2D eigenvalue weighted by Crippen LogP contribution is 2.81. The fraction of sp³-hybridized carbons (Fsp3) is 0.429. The molecule has 5 heteroatoms. The summed E-state index contributed by atoms with van der Waals surface area (Å²) in [5.41, 5.74) is -2.48. The van der Waals surface area contributed by atoms with Crippen molar-refractivity contribution >= 4 is 29.4 Å². The van der Waals surface area contributed by atoms with Crippen LogP contribution in [-0.4, -0.2) is 5.51 Å². The summed E-state index contributed by atoms with van der Waals surface area (Å²) in [7, 11) is -3.04. The van der Waals surface area contributed by atoms with E-state index < -0.39 is 14.0 Å². The second kappa shape index (κ2) is 5.17. The van der Waals surface area contributed by atoms with E-state index in [1.165, 1.54) is 0 Å². The number of hydrogen-bond donors (Lipinski definition) is 0. The van der Waals surface area contributed by atoms with Crippen molar-refractivity contribution in [3.05, 3.63) is 34.2 Å². The second-order valence-corrected chi connectivity index (χ2v) is 9.94. The van der Waals surface area contributed by atoms with Gasteiger partial charge in [0.05, 0.1) is 0 Å². The van der Waals surface area contributed by atoms with E-state index in [-0.39, 0.29) is 0 Å². The highest BCUT2D eigenvalue weighted by Gasteiger charge is 2.55. The Labute approximate surface area is 120 Å². The summed E-state index contributed by atoms with van der Waals surface area (Å²) in [6, 6.07) is 5.26. The van der Waals surface area contributed by atoms with E-state index in [4.69, 9.17) is 0 Å². The zero-order valence-electron chi connectivity index (χ0n) is 10.9. The normalized spacial score (nSPS) is 25.7. The van der Waals surface area contributed by atoms with Gasteiger partial charge in [-0.05, 0) is 64.3 Å². The van der Waals surface area contributed by atoms with Crippen LogP contribution in [0, 0.1) is 0 Å². The molecule has 1 aliphatic heterocycles. The van der Waals surface area contributed by atoms with Crippen molar-refractivity contribution in [1.82, 2.24) is 0 Å². The Morgan fingerprint density at radius 3 is 2.42 bits per heavy atom.